The molecule has 3 heterocycles. The Balaban J connectivity index is 1.46. The van der Waals surface area contributed by atoms with Crippen LogP contribution in [0.15, 0.2) is 76.8 Å². The van der Waals surface area contributed by atoms with E-state index in [0.717, 1.165) is 17.1 Å². The van der Waals surface area contributed by atoms with Gasteiger partial charge in [0.1, 0.15) is 11.5 Å². The number of rotatable bonds is 9. The minimum Gasteiger partial charge on any atom is -0.494 e. The van der Waals surface area contributed by atoms with E-state index in [1.54, 1.807) is 18.7 Å². The number of amides is 1. The van der Waals surface area contributed by atoms with Crippen LogP contribution in [0.25, 0.3) is 11.4 Å². The van der Waals surface area contributed by atoms with Gasteiger partial charge in [-0.25, -0.2) is 0 Å². The van der Waals surface area contributed by atoms with Crippen molar-refractivity contribution in [2.75, 3.05) is 17.7 Å². The highest BCUT2D eigenvalue weighted by Crippen LogP contribution is 2.25. The van der Waals surface area contributed by atoms with Crippen molar-refractivity contribution in [3.63, 3.8) is 0 Å². The quantitative estimate of drug-likeness (QED) is 0.395. The molecule has 4 aromatic rings. The summed E-state index contributed by atoms with van der Waals surface area (Å²) in [6.07, 6.45) is 5.06. The maximum atomic E-state index is 12.5. The second-order valence-corrected chi connectivity index (χ2v) is 7.45. The Hall–Kier alpha value is -3.59. The smallest absolute Gasteiger partial charge is 0.234 e. The number of hydrogen-bond acceptors (Lipinski definition) is 7. The van der Waals surface area contributed by atoms with Crippen molar-refractivity contribution in [1.29, 1.82) is 0 Å². The van der Waals surface area contributed by atoms with Gasteiger partial charge in [-0.3, -0.25) is 14.3 Å². The predicted molar refractivity (Wildman–Crippen MR) is 118 cm³/mol. The Morgan fingerprint density at radius 3 is 2.74 bits per heavy atom. The second kappa shape index (κ2) is 9.94. The van der Waals surface area contributed by atoms with Crippen LogP contribution >= 0.6 is 11.8 Å². The Bertz CT molecular complexity index is 1110. The molecule has 1 N–H and O–H groups in total. The highest BCUT2D eigenvalue weighted by atomic mass is 32.2. The Kier molecular flexibility index (Phi) is 6.63. The Labute approximate surface area is 183 Å². The fourth-order valence-electron chi connectivity index (χ4n) is 2.93. The van der Waals surface area contributed by atoms with Crippen LogP contribution in [-0.4, -0.2) is 38.0 Å². The summed E-state index contributed by atoms with van der Waals surface area (Å²) in [6.45, 7) is 2.98. The fourth-order valence-corrected chi connectivity index (χ4v) is 3.67. The number of aromatic nitrogens is 4. The third-order valence-electron chi connectivity index (χ3n) is 4.31. The van der Waals surface area contributed by atoms with E-state index in [4.69, 9.17) is 9.15 Å². The first kappa shape index (κ1) is 20.7. The van der Waals surface area contributed by atoms with Crippen molar-refractivity contribution < 1.29 is 13.9 Å². The zero-order valence-corrected chi connectivity index (χ0v) is 17.7. The first-order valence-electron chi connectivity index (χ1n) is 9.74. The van der Waals surface area contributed by atoms with E-state index in [0.29, 0.717) is 29.8 Å². The highest BCUT2D eigenvalue weighted by molar-refractivity contribution is 7.99. The molecule has 0 aliphatic rings. The number of carbonyl (C=O) groups excluding carboxylic acids is 1. The maximum Gasteiger partial charge on any atom is 0.234 e. The van der Waals surface area contributed by atoms with Crippen molar-refractivity contribution in [3.8, 4) is 17.1 Å². The maximum absolute atomic E-state index is 12.5. The molecule has 0 bridgehead atoms. The standard InChI is InChI=1S/C22H21N5O3S/c1-2-29-18-9-7-17(8-10-18)24-20(28)15-31-22-26-25-21(16-5-3-11-23-13-16)27(22)14-19-6-4-12-30-19/h3-13H,2,14-15H2,1H3,(H,24,28). The largest absolute Gasteiger partial charge is 0.494 e. The molecule has 3 aromatic heterocycles. The number of nitrogens with one attached hydrogen (secondary N) is 1. The summed E-state index contributed by atoms with van der Waals surface area (Å²) in [7, 11) is 0. The first-order valence-corrected chi connectivity index (χ1v) is 10.7. The van der Waals surface area contributed by atoms with Gasteiger partial charge in [0.25, 0.3) is 0 Å². The molecule has 0 unspecified atom stereocenters. The van der Waals surface area contributed by atoms with E-state index >= 15 is 0 Å². The van der Waals surface area contributed by atoms with Gasteiger partial charge in [-0.05, 0) is 55.5 Å². The number of anilines is 1. The average Bonchev–Trinajstić information content (AvgIpc) is 3.45. The summed E-state index contributed by atoms with van der Waals surface area (Å²) in [5, 5.41) is 12.1. The zero-order chi connectivity index (χ0) is 21.5. The molecule has 4 rings (SSSR count). The van der Waals surface area contributed by atoms with Gasteiger partial charge >= 0.3 is 0 Å². The summed E-state index contributed by atoms with van der Waals surface area (Å²) in [5.41, 5.74) is 1.55. The van der Waals surface area contributed by atoms with Crippen LogP contribution in [0.5, 0.6) is 5.75 Å². The molecule has 0 atom stereocenters. The molecule has 0 aliphatic heterocycles. The van der Waals surface area contributed by atoms with Gasteiger partial charge in [0, 0.05) is 23.6 Å². The lowest BCUT2D eigenvalue weighted by atomic mass is 10.2. The van der Waals surface area contributed by atoms with Crippen molar-refractivity contribution in [3.05, 3.63) is 72.9 Å². The highest BCUT2D eigenvalue weighted by Gasteiger charge is 2.17. The van der Waals surface area contributed by atoms with Crippen molar-refractivity contribution in [2.45, 2.75) is 18.6 Å². The van der Waals surface area contributed by atoms with Gasteiger partial charge < -0.3 is 14.5 Å². The van der Waals surface area contributed by atoms with Gasteiger partial charge in [0.15, 0.2) is 11.0 Å². The zero-order valence-electron chi connectivity index (χ0n) is 16.9. The monoisotopic (exact) mass is 435 g/mol. The molecule has 0 fully saturated rings. The molecule has 9 heteroatoms. The number of hydrogen-bond donors (Lipinski definition) is 1. The number of ether oxygens (including phenoxy) is 1. The molecule has 158 valence electrons. The van der Waals surface area contributed by atoms with E-state index in [1.807, 2.05) is 60.0 Å². The van der Waals surface area contributed by atoms with Crippen molar-refractivity contribution >= 4 is 23.4 Å². The lowest BCUT2D eigenvalue weighted by molar-refractivity contribution is -0.113. The third-order valence-corrected chi connectivity index (χ3v) is 5.28. The summed E-state index contributed by atoms with van der Waals surface area (Å²) in [5.74, 6) is 2.26. The van der Waals surface area contributed by atoms with Crippen LogP contribution in [0.3, 0.4) is 0 Å². The number of carbonyl (C=O) groups is 1. The molecule has 8 nitrogen and oxygen atoms in total. The van der Waals surface area contributed by atoms with E-state index in [2.05, 4.69) is 20.5 Å². The summed E-state index contributed by atoms with van der Waals surface area (Å²) in [4.78, 5) is 16.6. The van der Waals surface area contributed by atoms with Crippen LogP contribution in [0.2, 0.25) is 0 Å². The molecular formula is C22H21N5O3S. The van der Waals surface area contributed by atoms with E-state index in [1.165, 1.54) is 11.8 Å². The average molecular weight is 436 g/mol. The second-order valence-electron chi connectivity index (χ2n) is 6.51. The van der Waals surface area contributed by atoms with Crippen LogP contribution in [0, 0.1) is 0 Å². The minimum absolute atomic E-state index is 0.135. The number of nitrogens with zero attached hydrogens (tertiary/aromatic N) is 4. The van der Waals surface area contributed by atoms with Crippen molar-refractivity contribution in [1.82, 2.24) is 19.7 Å². The Morgan fingerprint density at radius 2 is 2.03 bits per heavy atom. The van der Waals surface area contributed by atoms with Crippen LogP contribution in [-0.2, 0) is 11.3 Å². The van der Waals surface area contributed by atoms with Gasteiger partial charge in [-0.15, -0.1) is 10.2 Å². The molecule has 0 spiro atoms. The number of benzene rings is 1. The molecule has 0 saturated carbocycles. The SMILES string of the molecule is CCOc1ccc(NC(=O)CSc2nnc(-c3cccnc3)n2Cc2ccco2)cc1. The van der Waals surface area contributed by atoms with Gasteiger partial charge in [0.05, 0.1) is 25.2 Å². The number of thioether (sulfide) groups is 1. The fraction of sp³-hybridized carbons (Fsp3) is 0.182. The predicted octanol–water partition coefficient (Wildman–Crippen LogP) is 4.11. The van der Waals surface area contributed by atoms with Crippen LogP contribution in [0.4, 0.5) is 5.69 Å². The van der Waals surface area contributed by atoms with Gasteiger partial charge in [0.2, 0.25) is 5.91 Å². The lowest BCUT2D eigenvalue weighted by Gasteiger charge is -2.09. The van der Waals surface area contributed by atoms with Crippen LogP contribution < -0.4 is 10.1 Å². The molecule has 0 aliphatic carbocycles. The molecule has 0 radical (unpaired) electrons. The minimum atomic E-state index is -0.135. The summed E-state index contributed by atoms with van der Waals surface area (Å²) in [6, 6.07) is 14.8. The molecule has 31 heavy (non-hydrogen) atoms. The van der Waals surface area contributed by atoms with Gasteiger partial charge in [-0.2, -0.15) is 0 Å². The van der Waals surface area contributed by atoms with Crippen LogP contribution in [0.1, 0.15) is 12.7 Å². The molecule has 1 amide bonds. The van der Waals surface area contributed by atoms with Crippen molar-refractivity contribution in [2.24, 2.45) is 0 Å². The van der Waals surface area contributed by atoms with E-state index < -0.39 is 0 Å². The third kappa shape index (κ3) is 5.32. The summed E-state index contributed by atoms with van der Waals surface area (Å²) < 4.78 is 12.8. The number of furan rings is 1. The topological polar surface area (TPSA) is 95.1 Å². The molecule has 1 aromatic carbocycles. The summed E-state index contributed by atoms with van der Waals surface area (Å²) >= 11 is 1.31. The molecular weight excluding hydrogens is 414 g/mol. The van der Waals surface area contributed by atoms with E-state index in [9.17, 15) is 4.79 Å². The lowest BCUT2D eigenvalue weighted by Crippen LogP contribution is -2.14. The van der Waals surface area contributed by atoms with E-state index in [-0.39, 0.29) is 11.7 Å². The first-order chi connectivity index (χ1) is 15.2. The normalized spacial score (nSPS) is 10.7. The Morgan fingerprint density at radius 1 is 1.16 bits per heavy atom. The molecule has 0 saturated heterocycles. The van der Waals surface area contributed by atoms with Gasteiger partial charge in [-0.1, -0.05) is 11.8 Å². The number of pyridine rings is 1.